The largest absolute Gasteiger partial charge is 0.342 e. The van der Waals surface area contributed by atoms with Crippen molar-refractivity contribution < 1.29 is 4.79 Å². The molecule has 0 spiro atoms. The summed E-state index contributed by atoms with van der Waals surface area (Å²) in [6, 6.07) is 0.309. The zero-order valence-corrected chi connectivity index (χ0v) is 13.7. The third-order valence-electron chi connectivity index (χ3n) is 4.73. The maximum absolute atomic E-state index is 12.7. The van der Waals surface area contributed by atoms with Crippen LogP contribution < -0.4 is 5.73 Å². The van der Waals surface area contributed by atoms with Crippen molar-refractivity contribution in [2.24, 2.45) is 17.6 Å². The Balaban J connectivity index is 2.56. The molecule has 1 fully saturated rings. The minimum atomic E-state index is 0.148. The van der Waals surface area contributed by atoms with Gasteiger partial charge >= 0.3 is 0 Å². The van der Waals surface area contributed by atoms with Crippen LogP contribution in [0.3, 0.4) is 0 Å². The van der Waals surface area contributed by atoms with Gasteiger partial charge in [0.2, 0.25) is 5.91 Å². The highest BCUT2D eigenvalue weighted by Crippen LogP contribution is 2.30. The standard InChI is InChI=1S/C17H34N2O/c1-4-6-11-19(12-7-5-2)17(20)14(3)15-9-8-10-16(18)13-15/h14-16H,4-13,18H2,1-3H3. The summed E-state index contributed by atoms with van der Waals surface area (Å²) in [6.45, 7) is 8.35. The molecule has 3 unspecified atom stereocenters. The van der Waals surface area contributed by atoms with E-state index >= 15 is 0 Å². The van der Waals surface area contributed by atoms with Gasteiger partial charge in [0, 0.05) is 25.0 Å². The SMILES string of the molecule is CCCCN(CCCC)C(=O)C(C)C1CCCC(N)C1. The number of hydrogen-bond acceptors (Lipinski definition) is 2. The van der Waals surface area contributed by atoms with Crippen LogP contribution in [0.25, 0.3) is 0 Å². The average molecular weight is 282 g/mol. The zero-order valence-electron chi connectivity index (χ0n) is 13.7. The average Bonchev–Trinajstić information content (AvgIpc) is 2.46. The van der Waals surface area contributed by atoms with Crippen LogP contribution in [0.5, 0.6) is 0 Å². The molecule has 1 saturated carbocycles. The summed E-state index contributed by atoms with van der Waals surface area (Å²) >= 11 is 0. The van der Waals surface area contributed by atoms with Gasteiger partial charge in [0.1, 0.15) is 0 Å². The van der Waals surface area contributed by atoms with E-state index in [1.54, 1.807) is 0 Å². The molecule has 0 heterocycles. The van der Waals surface area contributed by atoms with Crippen molar-refractivity contribution in [1.82, 2.24) is 4.90 Å². The quantitative estimate of drug-likeness (QED) is 0.740. The lowest BCUT2D eigenvalue weighted by atomic mass is 9.78. The van der Waals surface area contributed by atoms with Gasteiger partial charge < -0.3 is 10.6 Å². The molecule has 0 aromatic heterocycles. The number of carbonyl (C=O) groups excluding carboxylic acids is 1. The van der Waals surface area contributed by atoms with E-state index in [1.165, 1.54) is 12.8 Å². The van der Waals surface area contributed by atoms with Gasteiger partial charge in [-0.2, -0.15) is 0 Å². The van der Waals surface area contributed by atoms with Gasteiger partial charge in [0.05, 0.1) is 0 Å². The second-order valence-corrected chi connectivity index (χ2v) is 6.51. The highest BCUT2D eigenvalue weighted by atomic mass is 16.2. The molecule has 0 saturated heterocycles. The summed E-state index contributed by atoms with van der Waals surface area (Å²) in [5.41, 5.74) is 6.07. The van der Waals surface area contributed by atoms with Crippen LogP contribution in [0, 0.1) is 11.8 Å². The molecule has 0 radical (unpaired) electrons. The zero-order chi connectivity index (χ0) is 15.0. The van der Waals surface area contributed by atoms with Crippen molar-refractivity contribution in [2.45, 2.75) is 78.2 Å². The molecule has 0 bridgehead atoms. The number of unbranched alkanes of at least 4 members (excludes halogenated alkanes) is 2. The highest BCUT2D eigenvalue weighted by Gasteiger charge is 2.30. The maximum Gasteiger partial charge on any atom is 0.225 e. The Kier molecular flexibility index (Phi) is 8.20. The molecule has 3 nitrogen and oxygen atoms in total. The number of nitrogens with two attached hydrogens (primary N) is 1. The molecule has 0 aliphatic heterocycles. The van der Waals surface area contributed by atoms with Gasteiger partial charge in [-0.1, -0.05) is 40.0 Å². The third-order valence-corrected chi connectivity index (χ3v) is 4.73. The number of hydrogen-bond donors (Lipinski definition) is 1. The van der Waals surface area contributed by atoms with Crippen molar-refractivity contribution in [2.75, 3.05) is 13.1 Å². The first-order valence-corrected chi connectivity index (χ1v) is 8.64. The fourth-order valence-corrected chi connectivity index (χ4v) is 3.24. The Morgan fingerprint density at radius 2 is 1.80 bits per heavy atom. The van der Waals surface area contributed by atoms with Crippen molar-refractivity contribution in [3.63, 3.8) is 0 Å². The lowest BCUT2D eigenvalue weighted by molar-refractivity contribution is -0.137. The number of nitrogens with zero attached hydrogens (tertiary/aromatic N) is 1. The number of carbonyl (C=O) groups is 1. The van der Waals surface area contributed by atoms with E-state index < -0.39 is 0 Å². The Morgan fingerprint density at radius 3 is 2.30 bits per heavy atom. The summed E-state index contributed by atoms with van der Waals surface area (Å²) < 4.78 is 0. The van der Waals surface area contributed by atoms with E-state index in [2.05, 4.69) is 25.7 Å². The lowest BCUT2D eigenvalue weighted by Crippen LogP contribution is -2.41. The van der Waals surface area contributed by atoms with Crippen molar-refractivity contribution >= 4 is 5.91 Å². The first-order chi connectivity index (χ1) is 9.60. The molecule has 1 rings (SSSR count). The molecule has 0 aromatic rings. The van der Waals surface area contributed by atoms with Crippen LogP contribution in [0.15, 0.2) is 0 Å². The molecule has 118 valence electrons. The fraction of sp³-hybridized carbons (Fsp3) is 0.941. The maximum atomic E-state index is 12.7. The predicted molar refractivity (Wildman–Crippen MR) is 85.5 cm³/mol. The van der Waals surface area contributed by atoms with Gasteiger partial charge in [0.25, 0.3) is 0 Å². The van der Waals surface area contributed by atoms with Crippen LogP contribution >= 0.6 is 0 Å². The van der Waals surface area contributed by atoms with Gasteiger partial charge in [-0.3, -0.25) is 4.79 Å². The summed E-state index contributed by atoms with van der Waals surface area (Å²) in [6.07, 6.45) is 9.06. The van der Waals surface area contributed by atoms with Crippen LogP contribution in [0.2, 0.25) is 0 Å². The van der Waals surface area contributed by atoms with Gasteiger partial charge in [0.15, 0.2) is 0 Å². The second-order valence-electron chi connectivity index (χ2n) is 6.51. The molecular weight excluding hydrogens is 248 g/mol. The first kappa shape index (κ1) is 17.5. The van der Waals surface area contributed by atoms with Crippen molar-refractivity contribution in [3.8, 4) is 0 Å². The van der Waals surface area contributed by atoms with Gasteiger partial charge in [-0.05, 0) is 38.0 Å². The Morgan fingerprint density at radius 1 is 1.20 bits per heavy atom. The monoisotopic (exact) mass is 282 g/mol. The third kappa shape index (κ3) is 5.43. The minimum absolute atomic E-state index is 0.148. The first-order valence-electron chi connectivity index (χ1n) is 8.64. The van der Waals surface area contributed by atoms with Crippen LogP contribution in [-0.2, 0) is 4.79 Å². The van der Waals surface area contributed by atoms with Gasteiger partial charge in [-0.25, -0.2) is 0 Å². The van der Waals surface area contributed by atoms with E-state index in [1.807, 2.05) is 0 Å². The second kappa shape index (κ2) is 9.38. The summed E-state index contributed by atoms with van der Waals surface area (Å²) in [5, 5.41) is 0. The Labute approximate surface area is 125 Å². The smallest absolute Gasteiger partial charge is 0.225 e. The molecule has 0 aromatic carbocycles. The summed E-state index contributed by atoms with van der Waals surface area (Å²) in [5.74, 6) is 1.01. The van der Waals surface area contributed by atoms with Crippen LogP contribution in [0.4, 0.5) is 0 Å². The van der Waals surface area contributed by atoms with E-state index in [0.717, 1.165) is 51.6 Å². The number of amides is 1. The molecule has 2 N–H and O–H groups in total. The molecule has 20 heavy (non-hydrogen) atoms. The lowest BCUT2D eigenvalue weighted by Gasteiger charge is -2.34. The fourth-order valence-electron chi connectivity index (χ4n) is 3.24. The van der Waals surface area contributed by atoms with Crippen molar-refractivity contribution in [1.29, 1.82) is 0 Å². The Hall–Kier alpha value is -0.570. The minimum Gasteiger partial charge on any atom is -0.342 e. The van der Waals surface area contributed by atoms with E-state index in [-0.39, 0.29) is 5.92 Å². The summed E-state index contributed by atoms with van der Waals surface area (Å²) in [4.78, 5) is 14.9. The van der Waals surface area contributed by atoms with Crippen LogP contribution in [0.1, 0.15) is 72.1 Å². The normalized spacial score (nSPS) is 24.4. The predicted octanol–water partition coefficient (Wildman–Crippen LogP) is 3.57. The number of rotatable bonds is 8. The van der Waals surface area contributed by atoms with Gasteiger partial charge in [-0.15, -0.1) is 0 Å². The molecule has 1 aliphatic rings. The highest BCUT2D eigenvalue weighted by molar-refractivity contribution is 5.78. The van der Waals surface area contributed by atoms with Crippen molar-refractivity contribution in [3.05, 3.63) is 0 Å². The van der Waals surface area contributed by atoms with Crippen LogP contribution in [-0.4, -0.2) is 29.9 Å². The molecule has 1 amide bonds. The van der Waals surface area contributed by atoms with E-state index in [4.69, 9.17) is 5.73 Å². The molecule has 3 atom stereocenters. The van der Waals surface area contributed by atoms with E-state index in [9.17, 15) is 4.79 Å². The van der Waals surface area contributed by atoms with E-state index in [0.29, 0.717) is 17.9 Å². The molecular formula is C17H34N2O. The topological polar surface area (TPSA) is 46.3 Å². The Bertz CT molecular complexity index is 268. The summed E-state index contributed by atoms with van der Waals surface area (Å²) in [7, 11) is 0. The molecule has 3 heteroatoms. The molecule has 1 aliphatic carbocycles.